The molecule has 0 saturated carbocycles. The van der Waals surface area contributed by atoms with Crippen LogP contribution in [0.4, 0.5) is 205 Å². The average Bonchev–Trinajstić information content (AvgIpc) is 0.807. The Labute approximate surface area is 527 Å². The van der Waals surface area contributed by atoms with E-state index in [1.165, 1.54) is 0 Å². The normalized spacial score (nSPS) is 12.8. The molecule has 74 heteroatoms. The molecule has 20 nitrogen and oxygen atoms in total. The van der Waals surface area contributed by atoms with Gasteiger partial charge < -0.3 is 9.47 Å². The molecule has 0 aromatic carbocycles. The summed E-state index contributed by atoms with van der Waals surface area (Å²) in [5.74, 6) is -7.42. The van der Waals surface area contributed by atoms with E-state index >= 15 is 0 Å². The summed E-state index contributed by atoms with van der Waals surface area (Å²) in [6.07, 6.45) is -61.7. The van der Waals surface area contributed by atoms with Gasteiger partial charge in [-0.25, -0.2) is 67.6 Å². The smallest absolute Gasteiger partial charge is 0.439 e. The predicted octanol–water partition coefficient (Wildman–Crippen LogP) is 15.2. The third-order valence-corrected chi connectivity index (χ3v) is 4.41. The molecule has 0 aliphatic carbocycles. The first kappa shape index (κ1) is 123. The number of hydrogen-bond donors (Lipinski definition) is 0. The van der Waals surface area contributed by atoms with Crippen molar-refractivity contribution in [3.05, 3.63) is 37.6 Å². The molecule has 0 aliphatic rings. The van der Waals surface area contributed by atoms with E-state index in [1.54, 1.807) is 0 Å². The minimum absolute atomic E-state index is 1.09. The first-order valence-electron chi connectivity index (χ1n) is 19.1. The SMILES string of the molecule is C=C(F)C(F)(F)OCF.C=C(F)OCF.C=C(F)OCF.FCC(F)(F)OC(F)(F)C(F)(F)CF.FCC(F)(F)OC(F)(F)C(F)(F)OC(F)(F)CF.FCC(F)(F)OC(F)(F)C(F)(F)OC(F)(F)CF.O=S(=O)(F)F.O=S(=O)(F)F.O=S(=O)(F)F.O=S(=O)(F)F.O=S(=O)(F)F.O=S(=O)(F)F. The molecule has 624 valence electrons. The van der Waals surface area contributed by atoms with Gasteiger partial charge in [-0.05, 0) is 13.2 Å². The van der Waals surface area contributed by atoms with Crippen LogP contribution in [-0.2, 0) is 102 Å². The first-order chi connectivity index (χ1) is 43.2. The van der Waals surface area contributed by atoms with Crippen LogP contribution in [0.5, 0.6) is 0 Å². The van der Waals surface area contributed by atoms with E-state index in [1.807, 2.05) is 0 Å². The van der Waals surface area contributed by atoms with Crippen LogP contribution in [0, 0.1) is 0 Å². The Morgan fingerprint density at radius 3 is 0.465 bits per heavy atom. The van der Waals surface area contributed by atoms with Crippen LogP contribution >= 0.6 is 0 Å². The van der Waals surface area contributed by atoms with E-state index in [-0.39, 0.29) is 0 Å². The van der Waals surface area contributed by atoms with Crippen molar-refractivity contribution in [1.29, 1.82) is 0 Å². The van der Waals surface area contributed by atoms with Crippen LogP contribution in [0.3, 0.4) is 0 Å². The van der Waals surface area contributed by atoms with Crippen LogP contribution in [0.1, 0.15) is 0 Å². The second kappa shape index (κ2) is 50.4. The number of alkyl halides is 33. The van der Waals surface area contributed by atoms with Gasteiger partial charge in [-0.3, -0.25) is 4.74 Å². The van der Waals surface area contributed by atoms with Gasteiger partial charge in [0.1, 0.15) is 0 Å². The molecule has 101 heavy (non-hydrogen) atoms. The Morgan fingerprint density at radius 1 is 0.257 bits per heavy atom. The minimum Gasteiger partial charge on any atom is -0.439 e. The zero-order valence-corrected chi connectivity index (χ0v) is 49.6. The highest BCUT2D eigenvalue weighted by atomic mass is 32.3. The maximum Gasteiger partial charge on any atom is 0.476 e. The molecule has 0 heterocycles. The van der Waals surface area contributed by atoms with E-state index in [9.17, 15) is 205 Å². The van der Waals surface area contributed by atoms with Gasteiger partial charge in [0.2, 0.25) is 13.7 Å². The first-order valence-corrected chi connectivity index (χ1v) is 26.8. The molecule has 0 aromatic rings. The fraction of sp³-hybridized carbons (Fsp3) is 0.778. The van der Waals surface area contributed by atoms with Crippen molar-refractivity contribution in [3.8, 4) is 0 Å². The highest BCUT2D eigenvalue weighted by Gasteiger charge is 2.69. The Kier molecular flexibility index (Phi) is 61.2. The Balaban J connectivity index is -0.0000000891. The standard InChI is InChI=1S/2C6H4F10O2.C5H4F8O.C4H4F4O.2C3H4F2O.6F2O2S/c2*7-1-3(9,10)17-5(13,14)6(15,16)18-4(11,12)2-8;6-1-3(8,9)5(12,13)14-4(10,11)2-7;1-3(6)4(7,8)9-2-5;2*1-3(5)6-2-4;6*1-5(2,3)4/h2*1-2H2;1-2H2;1-2H2;2*1-2H2;;;;;;. The lowest BCUT2D eigenvalue weighted by atomic mass is 10.3. The Hall–Kier alpha value is -5.08. The second-order valence-electron chi connectivity index (χ2n) is 12.4. The Morgan fingerprint density at radius 2 is 0.396 bits per heavy atom. The molecular weight excluding hydrogens is 1750 g/mol. The monoisotopic (exact) mass is 1770 g/mol. The van der Waals surface area contributed by atoms with Gasteiger partial charge in [-0.2, -0.15) is 165 Å². The maximum absolute atomic E-state index is 12.4. The zero-order valence-electron chi connectivity index (χ0n) is 44.7. The van der Waals surface area contributed by atoms with Crippen molar-refractivity contribution in [2.45, 2.75) is 73.1 Å². The van der Waals surface area contributed by atoms with E-state index < -0.39 is 215 Å². The van der Waals surface area contributed by atoms with E-state index in [2.05, 4.69) is 57.6 Å². The van der Waals surface area contributed by atoms with Gasteiger partial charge in [-0.15, -0.1) is 0 Å². The quantitative estimate of drug-likeness (QED) is 0.0442. The van der Waals surface area contributed by atoms with Crippen LogP contribution in [-0.4, -0.2) is 184 Å². The van der Waals surface area contributed by atoms with Gasteiger partial charge in [0.05, 0.1) is 0 Å². The van der Waals surface area contributed by atoms with E-state index in [0.717, 1.165) is 0 Å². The molecule has 0 aromatic heterocycles. The van der Waals surface area contributed by atoms with Crippen molar-refractivity contribution in [2.75, 3.05) is 60.6 Å². The number of hydrogen-bond acceptors (Lipinski definition) is 20. The summed E-state index contributed by atoms with van der Waals surface area (Å²) < 4.78 is 663. The zero-order chi connectivity index (χ0) is 85.8. The summed E-state index contributed by atoms with van der Waals surface area (Å²) >= 11 is 0. The van der Waals surface area contributed by atoms with E-state index in [4.69, 9.17) is 50.5 Å². The number of ether oxygens (including phenoxy) is 8. The summed E-state index contributed by atoms with van der Waals surface area (Å²) in [6, 6.07) is -2.17. The molecule has 0 aliphatic heterocycles. The molecule has 0 spiro atoms. The van der Waals surface area contributed by atoms with Crippen LogP contribution in [0.2, 0.25) is 0 Å². The highest BCUT2D eigenvalue weighted by Crippen LogP contribution is 2.45. The summed E-state index contributed by atoms with van der Waals surface area (Å²) in [5, 5.41) is 0. The lowest BCUT2D eigenvalue weighted by Gasteiger charge is -2.29. The average molecular weight is 1770 g/mol. The van der Waals surface area contributed by atoms with Gasteiger partial charge in [0, 0.05) is 0 Å². The molecule has 0 unspecified atom stereocenters. The van der Waals surface area contributed by atoms with Crippen molar-refractivity contribution in [2.24, 2.45) is 0 Å². The minimum atomic E-state index is -6.30. The summed E-state index contributed by atoms with van der Waals surface area (Å²) in [5.41, 5.74) is 0. The summed E-state index contributed by atoms with van der Waals surface area (Å²) in [7, 11) is -34.0. The molecule has 0 saturated heterocycles. The Bertz CT molecular complexity index is 2550. The van der Waals surface area contributed by atoms with E-state index in [0.29, 0.717) is 0 Å². The molecule has 0 amide bonds. The van der Waals surface area contributed by atoms with Gasteiger partial charge >= 0.3 is 137 Å². The maximum atomic E-state index is 12.4. The molecule has 0 radical (unpaired) electrons. The third-order valence-electron chi connectivity index (χ3n) is 4.41. The molecule has 0 atom stereocenters. The summed E-state index contributed by atoms with van der Waals surface area (Å²) in [4.78, 5) is 0. The summed E-state index contributed by atoms with van der Waals surface area (Å²) in [6.45, 7) is -13.8. The molecular formula is C27H24F48O20S6. The molecule has 0 fully saturated rings. The van der Waals surface area contributed by atoms with Crippen molar-refractivity contribution in [3.63, 3.8) is 0 Å². The van der Waals surface area contributed by atoms with Crippen LogP contribution in [0.15, 0.2) is 37.6 Å². The lowest BCUT2D eigenvalue weighted by Crippen LogP contribution is -2.52. The van der Waals surface area contributed by atoms with Crippen molar-refractivity contribution in [1.82, 2.24) is 0 Å². The number of halogens is 48. The number of rotatable bonds is 26. The molecule has 0 N–H and O–H groups in total. The van der Waals surface area contributed by atoms with Crippen LogP contribution < -0.4 is 0 Å². The van der Waals surface area contributed by atoms with Crippen molar-refractivity contribution < 1.29 is 293 Å². The van der Waals surface area contributed by atoms with Crippen molar-refractivity contribution >= 4 is 63.7 Å². The molecule has 0 bridgehead atoms. The highest BCUT2D eigenvalue weighted by molar-refractivity contribution is 7.82. The second-order valence-corrected chi connectivity index (χ2v) is 17.0. The lowest BCUT2D eigenvalue weighted by molar-refractivity contribution is -0.513. The fourth-order valence-corrected chi connectivity index (χ4v) is 1.73. The van der Waals surface area contributed by atoms with Crippen LogP contribution in [0.25, 0.3) is 0 Å². The predicted molar refractivity (Wildman–Crippen MR) is 219 cm³/mol. The largest absolute Gasteiger partial charge is 0.476 e. The topological polar surface area (TPSA) is 279 Å². The fourth-order valence-electron chi connectivity index (χ4n) is 1.73. The molecule has 0 rings (SSSR count). The van der Waals surface area contributed by atoms with Gasteiger partial charge in [-0.1, -0.05) is 53.2 Å². The van der Waals surface area contributed by atoms with Gasteiger partial charge in [0.25, 0.3) is 12.0 Å². The third kappa shape index (κ3) is 111. The van der Waals surface area contributed by atoms with Gasteiger partial charge in [0.15, 0.2) is 52.7 Å².